The molecule has 1 aromatic carbocycles. The minimum absolute atomic E-state index is 0.0596. The summed E-state index contributed by atoms with van der Waals surface area (Å²) in [5.41, 5.74) is 1.69. The molecule has 1 fully saturated rings. The van der Waals surface area contributed by atoms with Crippen LogP contribution in [0.5, 0.6) is 0 Å². The molecule has 0 aromatic heterocycles. The van der Waals surface area contributed by atoms with Crippen molar-refractivity contribution in [2.45, 2.75) is 19.8 Å². The number of hydrogen-bond acceptors (Lipinski definition) is 3. The van der Waals surface area contributed by atoms with Crippen molar-refractivity contribution in [3.63, 3.8) is 0 Å². The van der Waals surface area contributed by atoms with E-state index in [0.717, 1.165) is 18.4 Å². The number of aryl methyl sites for hydroxylation is 1. The number of rotatable bonds is 3. The van der Waals surface area contributed by atoms with Crippen molar-refractivity contribution in [2.75, 3.05) is 25.0 Å². The Balaban J connectivity index is 1.99. The van der Waals surface area contributed by atoms with Crippen LogP contribution in [-0.4, -0.2) is 41.5 Å². The summed E-state index contributed by atoms with van der Waals surface area (Å²) < 4.78 is 0. The number of carbonyl (C=O) groups is 2. The number of anilines is 1. The fourth-order valence-electron chi connectivity index (χ4n) is 2.44. The number of amides is 2. The molecule has 108 valence electrons. The number of para-hydroxylation sites is 1. The topological polar surface area (TPSA) is 69.6 Å². The number of aliphatic hydroxyl groups excluding tert-OH is 1. The van der Waals surface area contributed by atoms with Gasteiger partial charge >= 0.3 is 11.8 Å². The van der Waals surface area contributed by atoms with Crippen molar-refractivity contribution in [3.8, 4) is 0 Å². The highest BCUT2D eigenvalue weighted by Gasteiger charge is 2.29. The van der Waals surface area contributed by atoms with Crippen LogP contribution in [0.25, 0.3) is 0 Å². The molecule has 1 aromatic rings. The zero-order valence-electron chi connectivity index (χ0n) is 11.6. The lowest BCUT2D eigenvalue weighted by Crippen LogP contribution is -2.38. The Hall–Kier alpha value is -1.88. The molecule has 1 aliphatic rings. The minimum atomic E-state index is -0.607. The van der Waals surface area contributed by atoms with Crippen molar-refractivity contribution in [2.24, 2.45) is 5.92 Å². The molecule has 0 bridgehead atoms. The molecule has 5 heteroatoms. The summed E-state index contributed by atoms with van der Waals surface area (Å²) in [6.07, 6.45) is 1.54. The normalized spacial score (nSPS) is 18.1. The second kappa shape index (κ2) is 6.52. The average Bonchev–Trinajstić information content (AvgIpc) is 2.95. The van der Waals surface area contributed by atoms with Crippen molar-refractivity contribution >= 4 is 17.5 Å². The number of nitrogens with one attached hydrogen (secondary N) is 1. The van der Waals surface area contributed by atoms with E-state index in [4.69, 9.17) is 5.11 Å². The molecule has 5 nitrogen and oxygen atoms in total. The monoisotopic (exact) mass is 276 g/mol. The molecule has 2 rings (SSSR count). The molecule has 0 radical (unpaired) electrons. The Kier molecular flexibility index (Phi) is 4.74. The van der Waals surface area contributed by atoms with Gasteiger partial charge in [-0.25, -0.2) is 0 Å². The standard InChI is InChI=1S/C15H20N2O3/c1-2-12-5-3-4-6-13(12)16-14(19)15(20)17-8-7-11(9-17)10-18/h3-6,11,18H,2,7-10H2,1H3,(H,16,19). The Morgan fingerprint density at radius 3 is 2.80 bits per heavy atom. The number of carbonyl (C=O) groups excluding carboxylic acids is 2. The molecule has 20 heavy (non-hydrogen) atoms. The summed E-state index contributed by atoms with van der Waals surface area (Å²) in [4.78, 5) is 25.5. The predicted octanol–water partition coefficient (Wildman–Crippen LogP) is 1.03. The maximum absolute atomic E-state index is 12.0. The van der Waals surface area contributed by atoms with Gasteiger partial charge < -0.3 is 15.3 Å². The van der Waals surface area contributed by atoms with E-state index in [1.54, 1.807) is 6.07 Å². The van der Waals surface area contributed by atoms with E-state index >= 15 is 0 Å². The number of likely N-dealkylation sites (tertiary alicyclic amines) is 1. The lowest BCUT2D eigenvalue weighted by molar-refractivity contribution is -0.142. The first kappa shape index (κ1) is 14.5. The molecule has 2 N–H and O–H groups in total. The number of nitrogens with zero attached hydrogens (tertiary/aromatic N) is 1. The van der Waals surface area contributed by atoms with Crippen LogP contribution in [0.3, 0.4) is 0 Å². The van der Waals surface area contributed by atoms with Gasteiger partial charge in [-0.15, -0.1) is 0 Å². The van der Waals surface area contributed by atoms with Gasteiger partial charge in [-0.3, -0.25) is 9.59 Å². The van der Waals surface area contributed by atoms with Gasteiger partial charge in [0.25, 0.3) is 0 Å². The van der Waals surface area contributed by atoms with Crippen LogP contribution in [0.4, 0.5) is 5.69 Å². The number of hydrogen-bond donors (Lipinski definition) is 2. The van der Waals surface area contributed by atoms with Crippen LogP contribution < -0.4 is 5.32 Å². The summed E-state index contributed by atoms with van der Waals surface area (Å²) in [6, 6.07) is 7.46. The molecule has 1 atom stereocenters. The second-order valence-electron chi connectivity index (χ2n) is 5.05. The van der Waals surface area contributed by atoms with Crippen LogP contribution >= 0.6 is 0 Å². The van der Waals surface area contributed by atoms with Crippen molar-refractivity contribution in [3.05, 3.63) is 29.8 Å². The van der Waals surface area contributed by atoms with Gasteiger partial charge in [-0.2, -0.15) is 0 Å². The van der Waals surface area contributed by atoms with Gasteiger partial charge in [0.1, 0.15) is 0 Å². The predicted molar refractivity (Wildman–Crippen MR) is 76.2 cm³/mol. The molecule has 0 aliphatic carbocycles. The maximum Gasteiger partial charge on any atom is 0.313 e. The third-order valence-electron chi connectivity index (χ3n) is 3.67. The average molecular weight is 276 g/mol. The molecular weight excluding hydrogens is 256 g/mol. The van der Waals surface area contributed by atoms with Crippen LogP contribution in [0.15, 0.2) is 24.3 Å². The Bertz CT molecular complexity index is 502. The first-order chi connectivity index (χ1) is 9.65. The zero-order valence-corrected chi connectivity index (χ0v) is 11.6. The number of benzene rings is 1. The third-order valence-corrected chi connectivity index (χ3v) is 3.67. The zero-order chi connectivity index (χ0) is 14.5. The van der Waals surface area contributed by atoms with Gasteiger partial charge in [0.2, 0.25) is 0 Å². The van der Waals surface area contributed by atoms with Gasteiger partial charge in [-0.1, -0.05) is 25.1 Å². The third kappa shape index (κ3) is 3.17. The van der Waals surface area contributed by atoms with Gasteiger partial charge in [0.15, 0.2) is 0 Å². The minimum Gasteiger partial charge on any atom is -0.396 e. The molecule has 1 unspecified atom stereocenters. The van der Waals surface area contributed by atoms with Crippen LogP contribution in [0.1, 0.15) is 18.9 Å². The summed E-state index contributed by atoms with van der Waals surface area (Å²) in [7, 11) is 0. The summed E-state index contributed by atoms with van der Waals surface area (Å²) in [5.74, 6) is -1.04. The van der Waals surface area contributed by atoms with Crippen LogP contribution in [-0.2, 0) is 16.0 Å². The van der Waals surface area contributed by atoms with E-state index in [-0.39, 0.29) is 12.5 Å². The van der Waals surface area contributed by atoms with Gasteiger partial charge in [0.05, 0.1) is 0 Å². The molecule has 1 aliphatic heterocycles. The van der Waals surface area contributed by atoms with Crippen LogP contribution in [0.2, 0.25) is 0 Å². The summed E-state index contributed by atoms with van der Waals surface area (Å²) >= 11 is 0. The molecule has 0 saturated carbocycles. The molecular formula is C15H20N2O3. The quantitative estimate of drug-likeness (QED) is 0.810. The Labute approximate surface area is 118 Å². The Morgan fingerprint density at radius 2 is 2.15 bits per heavy atom. The highest BCUT2D eigenvalue weighted by atomic mass is 16.3. The maximum atomic E-state index is 12.0. The highest BCUT2D eigenvalue weighted by Crippen LogP contribution is 2.18. The van der Waals surface area contributed by atoms with Crippen molar-refractivity contribution < 1.29 is 14.7 Å². The fourth-order valence-corrected chi connectivity index (χ4v) is 2.44. The molecule has 0 spiro atoms. The van der Waals surface area contributed by atoms with Crippen LogP contribution in [0, 0.1) is 5.92 Å². The largest absolute Gasteiger partial charge is 0.396 e. The first-order valence-electron chi connectivity index (χ1n) is 6.94. The number of aliphatic hydroxyl groups is 1. The molecule has 1 heterocycles. The van der Waals surface area contributed by atoms with Gasteiger partial charge in [-0.05, 0) is 24.5 Å². The lowest BCUT2D eigenvalue weighted by atomic mass is 10.1. The Morgan fingerprint density at radius 1 is 1.40 bits per heavy atom. The van der Waals surface area contributed by atoms with E-state index in [1.165, 1.54) is 4.90 Å². The van der Waals surface area contributed by atoms with E-state index in [9.17, 15) is 9.59 Å². The van der Waals surface area contributed by atoms with E-state index < -0.39 is 11.8 Å². The molecule has 2 amide bonds. The summed E-state index contributed by atoms with van der Waals surface area (Å²) in [5, 5.41) is 11.7. The van der Waals surface area contributed by atoms with E-state index in [2.05, 4.69) is 5.32 Å². The van der Waals surface area contributed by atoms with E-state index in [0.29, 0.717) is 18.8 Å². The smallest absolute Gasteiger partial charge is 0.313 e. The van der Waals surface area contributed by atoms with Crippen molar-refractivity contribution in [1.82, 2.24) is 4.90 Å². The first-order valence-corrected chi connectivity index (χ1v) is 6.94. The summed E-state index contributed by atoms with van der Waals surface area (Å²) in [6.45, 7) is 3.05. The lowest BCUT2D eigenvalue weighted by Gasteiger charge is -2.16. The second-order valence-corrected chi connectivity index (χ2v) is 5.05. The highest BCUT2D eigenvalue weighted by molar-refractivity contribution is 6.39. The fraction of sp³-hybridized carbons (Fsp3) is 0.467. The van der Waals surface area contributed by atoms with Gasteiger partial charge in [0, 0.05) is 31.3 Å². The SMILES string of the molecule is CCc1ccccc1NC(=O)C(=O)N1CCC(CO)C1. The van der Waals surface area contributed by atoms with Crippen molar-refractivity contribution in [1.29, 1.82) is 0 Å². The van der Waals surface area contributed by atoms with E-state index in [1.807, 2.05) is 25.1 Å². The molecule has 1 saturated heterocycles.